The SMILES string of the molecule is C\C=C(/C=N/C(C)=C/CC)c1ccc(C(C)(C)c2cc(Cl)c(OCCCl)c(C#N)c2)cc1. The van der Waals surface area contributed by atoms with E-state index in [4.69, 9.17) is 27.9 Å². The Hall–Kier alpha value is -2.54. The molecule has 32 heavy (non-hydrogen) atoms. The number of benzene rings is 2. The van der Waals surface area contributed by atoms with Gasteiger partial charge in [-0.25, -0.2) is 0 Å². The van der Waals surface area contributed by atoms with E-state index >= 15 is 0 Å². The van der Waals surface area contributed by atoms with E-state index in [0.29, 0.717) is 28.8 Å². The molecule has 0 saturated carbocycles. The van der Waals surface area contributed by atoms with Gasteiger partial charge in [-0.1, -0.05) is 68.8 Å². The summed E-state index contributed by atoms with van der Waals surface area (Å²) in [5, 5.41) is 10.0. The summed E-state index contributed by atoms with van der Waals surface area (Å²) >= 11 is 12.2. The molecule has 0 aromatic heterocycles. The molecule has 0 saturated heterocycles. The van der Waals surface area contributed by atoms with E-state index in [2.05, 4.69) is 68.3 Å². The Balaban J connectivity index is 2.37. The Morgan fingerprint density at radius 1 is 1.19 bits per heavy atom. The van der Waals surface area contributed by atoms with Crippen LogP contribution >= 0.6 is 23.2 Å². The average molecular weight is 469 g/mol. The fourth-order valence-corrected chi connectivity index (χ4v) is 3.76. The highest BCUT2D eigenvalue weighted by Gasteiger charge is 2.26. The van der Waals surface area contributed by atoms with Crippen LogP contribution in [0.5, 0.6) is 5.75 Å². The first kappa shape index (κ1) is 25.7. The molecule has 0 aliphatic heterocycles. The highest BCUT2D eigenvalue weighted by molar-refractivity contribution is 6.32. The fourth-order valence-electron chi connectivity index (χ4n) is 3.41. The Morgan fingerprint density at radius 2 is 1.88 bits per heavy atom. The van der Waals surface area contributed by atoms with E-state index in [0.717, 1.165) is 34.4 Å². The van der Waals surface area contributed by atoms with E-state index in [9.17, 15) is 5.26 Å². The second-order valence-electron chi connectivity index (χ2n) is 7.94. The molecule has 0 radical (unpaired) electrons. The second-order valence-corrected chi connectivity index (χ2v) is 8.73. The van der Waals surface area contributed by atoms with Crippen molar-refractivity contribution in [3.63, 3.8) is 0 Å². The Morgan fingerprint density at radius 3 is 2.44 bits per heavy atom. The third-order valence-electron chi connectivity index (χ3n) is 5.37. The normalized spacial score (nSPS) is 12.8. The van der Waals surface area contributed by atoms with Crippen molar-refractivity contribution in [3.05, 3.63) is 81.5 Å². The summed E-state index contributed by atoms with van der Waals surface area (Å²) in [6.07, 6.45) is 7.03. The fraction of sp³-hybridized carbons (Fsp3) is 0.333. The monoisotopic (exact) mass is 468 g/mol. The van der Waals surface area contributed by atoms with E-state index in [1.807, 2.05) is 32.2 Å². The third-order valence-corrected chi connectivity index (χ3v) is 5.80. The van der Waals surface area contributed by atoms with Crippen molar-refractivity contribution in [1.29, 1.82) is 5.26 Å². The lowest BCUT2D eigenvalue weighted by atomic mass is 9.77. The first-order chi connectivity index (χ1) is 15.3. The van der Waals surface area contributed by atoms with Crippen molar-refractivity contribution >= 4 is 35.0 Å². The standard InChI is InChI=1S/C27H30Cl2N2O/c1-6-8-19(3)31-18-20(7-2)21-9-11-23(12-10-21)27(4,5)24-15-22(17-30)26(25(29)16-24)32-14-13-28/h7-12,15-16,18H,6,13-14H2,1-5H3/b19-8+,20-7+,31-18+. The molecule has 0 atom stereocenters. The van der Waals surface area contributed by atoms with Crippen LogP contribution < -0.4 is 4.74 Å². The van der Waals surface area contributed by atoms with Gasteiger partial charge in [-0.2, -0.15) is 5.26 Å². The lowest BCUT2D eigenvalue weighted by molar-refractivity contribution is 0.341. The van der Waals surface area contributed by atoms with Gasteiger partial charge in [0.05, 0.1) is 16.5 Å². The van der Waals surface area contributed by atoms with Crippen LogP contribution in [0.2, 0.25) is 5.02 Å². The van der Waals surface area contributed by atoms with Crippen molar-refractivity contribution < 1.29 is 4.74 Å². The number of hydrogen-bond donors (Lipinski definition) is 0. The van der Waals surface area contributed by atoms with Gasteiger partial charge >= 0.3 is 0 Å². The molecule has 2 aromatic carbocycles. The van der Waals surface area contributed by atoms with Gasteiger partial charge in [-0.05, 0) is 54.7 Å². The van der Waals surface area contributed by atoms with Gasteiger partial charge in [0.1, 0.15) is 12.7 Å². The smallest absolute Gasteiger partial charge is 0.155 e. The minimum Gasteiger partial charge on any atom is -0.489 e. The summed E-state index contributed by atoms with van der Waals surface area (Å²) in [7, 11) is 0. The summed E-state index contributed by atoms with van der Waals surface area (Å²) in [4.78, 5) is 4.54. The Labute approximate surface area is 202 Å². The van der Waals surface area contributed by atoms with Crippen molar-refractivity contribution in [2.75, 3.05) is 12.5 Å². The van der Waals surface area contributed by atoms with Crippen molar-refractivity contribution in [2.45, 2.75) is 46.5 Å². The molecule has 0 amide bonds. The maximum Gasteiger partial charge on any atom is 0.155 e. The number of rotatable bonds is 9. The molecule has 0 spiro atoms. The largest absolute Gasteiger partial charge is 0.489 e. The molecule has 0 unspecified atom stereocenters. The van der Waals surface area contributed by atoms with Gasteiger partial charge in [-0.15, -0.1) is 11.6 Å². The zero-order valence-electron chi connectivity index (χ0n) is 19.4. The predicted molar refractivity (Wildman–Crippen MR) is 137 cm³/mol. The summed E-state index contributed by atoms with van der Waals surface area (Å²) in [5.74, 6) is 0.711. The molecule has 5 heteroatoms. The van der Waals surface area contributed by atoms with Crippen LogP contribution in [0.3, 0.4) is 0 Å². The van der Waals surface area contributed by atoms with E-state index in [-0.39, 0.29) is 5.41 Å². The number of alkyl halides is 1. The molecule has 0 aliphatic carbocycles. The van der Waals surface area contributed by atoms with E-state index in [1.54, 1.807) is 0 Å². The maximum absolute atomic E-state index is 9.61. The number of aliphatic imine (C=N–C) groups is 1. The number of nitriles is 1. The number of ether oxygens (including phenoxy) is 1. The lowest BCUT2D eigenvalue weighted by Crippen LogP contribution is -2.19. The van der Waals surface area contributed by atoms with Crippen molar-refractivity contribution in [3.8, 4) is 11.8 Å². The Kier molecular flexibility index (Phi) is 9.57. The molecule has 0 N–H and O–H groups in total. The van der Waals surface area contributed by atoms with Crippen molar-refractivity contribution in [2.24, 2.45) is 4.99 Å². The average Bonchev–Trinajstić information content (AvgIpc) is 2.78. The Bertz CT molecular complexity index is 1060. The third kappa shape index (κ3) is 6.25. The molecule has 0 heterocycles. The minimum atomic E-state index is -0.358. The first-order valence-electron chi connectivity index (χ1n) is 10.7. The molecule has 168 valence electrons. The topological polar surface area (TPSA) is 45.4 Å². The van der Waals surface area contributed by atoms with Gasteiger partial charge in [0.15, 0.2) is 5.75 Å². The molecular weight excluding hydrogens is 439 g/mol. The predicted octanol–water partition coefficient (Wildman–Crippen LogP) is 7.94. The van der Waals surface area contributed by atoms with Gasteiger partial charge in [0, 0.05) is 17.3 Å². The maximum atomic E-state index is 9.61. The van der Waals surface area contributed by atoms with Crippen LogP contribution in [0.15, 0.2) is 59.2 Å². The first-order valence-corrected chi connectivity index (χ1v) is 11.6. The lowest BCUT2D eigenvalue weighted by Gasteiger charge is -2.27. The highest BCUT2D eigenvalue weighted by atomic mass is 35.5. The number of halogens is 2. The number of allylic oxidation sites excluding steroid dienone is 4. The van der Waals surface area contributed by atoms with E-state index in [1.165, 1.54) is 0 Å². The minimum absolute atomic E-state index is 0.296. The van der Waals surface area contributed by atoms with Gasteiger partial charge in [0.2, 0.25) is 0 Å². The molecule has 0 aliphatic rings. The number of hydrogen-bond acceptors (Lipinski definition) is 3. The summed E-state index contributed by atoms with van der Waals surface area (Å²) in [5.41, 5.74) is 5.28. The molecule has 2 rings (SSSR count). The van der Waals surface area contributed by atoms with Gasteiger partial charge in [-0.3, -0.25) is 4.99 Å². The van der Waals surface area contributed by atoms with Crippen molar-refractivity contribution in [1.82, 2.24) is 0 Å². The van der Waals surface area contributed by atoms with Crippen LogP contribution in [-0.4, -0.2) is 18.7 Å². The molecule has 0 bridgehead atoms. The zero-order chi connectivity index (χ0) is 23.7. The second kappa shape index (κ2) is 11.9. The van der Waals surface area contributed by atoms with Crippen LogP contribution in [0.4, 0.5) is 0 Å². The molecule has 3 nitrogen and oxygen atoms in total. The van der Waals surface area contributed by atoms with Gasteiger partial charge in [0.25, 0.3) is 0 Å². The molecular formula is C27H30Cl2N2O. The van der Waals surface area contributed by atoms with Crippen LogP contribution in [0.25, 0.3) is 5.57 Å². The van der Waals surface area contributed by atoms with Crippen LogP contribution in [0.1, 0.15) is 63.3 Å². The van der Waals surface area contributed by atoms with Crippen LogP contribution in [-0.2, 0) is 5.41 Å². The summed E-state index contributed by atoms with van der Waals surface area (Å²) < 4.78 is 5.58. The number of nitrogens with zero attached hydrogens (tertiary/aromatic N) is 2. The highest BCUT2D eigenvalue weighted by Crippen LogP contribution is 2.38. The quantitative estimate of drug-likeness (QED) is 0.276. The molecule has 2 aromatic rings. The van der Waals surface area contributed by atoms with Crippen LogP contribution in [0, 0.1) is 11.3 Å². The zero-order valence-corrected chi connectivity index (χ0v) is 20.9. The van der Waals surface area contributed by atoms with E-state index < -0.39 is 0 Å². The summed E-state index contributed by atoms with van der Waals surface area (Å²) in [6.45, 7) is 10.6. The van der Waals surface area contributed by atoms with Gasteiger partial charge < -0.3 is 4.74 Å². The summed E-state index contributed by atoms with van der Waals surface area (Å²) in [6, 6.07) is 14.3. The molecule has 0 fully saturated rings.